The lowest BCUT2D eigenvalue weighted by Gasteiger charge is -2.20. The van der Waals surface area contributed by atoms with E-state index in [1.807, 2.05) is 13.8 Å². The minimum Gasteiger partial charge on any atom is -0.494 e. The number of carbonyl (C=O) groups is 2. The third-order valence-corrected chi connectivity index (χ3v) is 6.14. The molecule has 3 rings (SSSR count). The SMILES string of the molecule is CC[C@H](C)C(C(=O)O)c1c(C)n(C(=O)c2ccc(Br)cc2)c2cc(F)c(OC)cc12. The van der Waals surface area contributed by atoms with Gasteiger partial charge in [-0.15, -0.1) is 0 Å². The monoisotopic (exact) mass is 475 g/mol. The smallest absolute Gasteiger partial charge is 0.311 e. The maximum Gasteiger partial charge on any atom is 0.311 e. The average Bonchev–Trinajstić information content (AvgIpc) is 2.98. The van der Waals surface area contributed by atoms with E-state index in [0.717, 1.165) is 4.47 Å². The number of methoxy groups -OCH3 is 1. The molecule has 158 valence electrons. The van der Waals surface area contributed by atoms with Gasteiger partial charge in [0.1, 0.15) is 0 Å². The Morgan fingerprint density at radius 3 is 2.40 bits per heavy atom. The Hall–Kier alpha value is -2.67. The van der Waals surface area contributed by atoms with Crippen LogP contribution in [0.25, 0.3) is 10.9 Å². The summed E-state index contributed by atoms with van der Waals surface area (Å²) < 4.78 is 21.9. The summed E-state index contributed by atoms with van der Waals surface area (Å²) >= 11 is 3.35. The molecule has 1 unspecified atom stereocenters. The van der Waals surface area contributed by atoms with Crippen LogP contribution in [0.1, 0.15) is 47.8 Å². The zero-order valence-corrected chi connectivity index (χ0v) is 18.8. The van der Waals surface area contributed by atoms with Crippen LogP contribution in [0.5, 0.6) is 5.75 Å². The zero-order valence-electron chi connectivity index (χ0n) is 17.2. The number of rotatable bonds is 6. The van der Waals surface area contributed by atoms with Crippen LogP contribution in [0.4, 0.5) is 4.39 Å². The van der Waals surface area contributed by atoms with Gasteiger partial charge in [0.05, 0.1) is 18.5 Å². The number of carbonyl (C=O) groups excluding carboxylic acids is 1. The van der Waals surface area contributed by atoms with Gasteiger partial charge in [0, 0.05) is 27.2 Å². The van der Waals surface area contributed by atoms with Gasteiger partial charge in [-0.05, 0) is 48.7 Å². The molecule has 1 N–H and O–H groups in total. The minimum atomic E-state index is -0.981. The third kappa shape index (κ3) is 3.74. The van der Waals surface area contributed by atoms with Gasteiger partial charge in [-0.2, -0.15) is 0 Å². The van der Waals surface area contributed by atoms with Crippen molar-refractivity contribution in [2.24, 2.45) is 5.92 Å². The predicted octanol–water partition coefficient (Wildman–Crippen LogP) is 5.76. The molecular weight excluding hydrogens is 453 g/mol. The number of aromatic nitrogens is 1. The lowest BCUT2D eigenvalue weighted by Crippen LogP contribution is -2.21. The first-order valence-corrected chi connectivity index (χ1v) is 10.4. The Morgan fingerprint density at radius 1 is 1.23 bits per heavy atom. The third-order valence-electron chi connectivity index (χ3n) is 5.61. The van der Waals surface area contributed by atoms with E-state index in [9.17, 15) is 19.1 Å². The van der Waals surface area contributed by atoms with Crippen LogP contribution in [0.3, 0.4) is 0 Å². The normalized spacial score (nSPS) is 13.3. The fourth-order valence-electron chi connectivity index (χ4n) is 3.86. The molecule has 5 nitrogen and oxygen atoms in total. The Labute approximate surface area is 182 Å². The standard InChI is InChI=1S/C23H23BrFNO4/c1-5-12(2)20(23(28)29)21-13(3)26(22(27)14-6-8-15(24)9-7-14)18-11-17(25)19(30-4)10-16(18)21/h6-12,20H,5H2,1-4H3,(H,28,29)/t12-,20?/m0/s1. The highest BCUT2D eigenvalue weighted by molar-refractivity contribution is 9.10. The molecule has 0 amide bonds. The van der Waals surface area contributed by atoms with E-state index in [1.165, 1.54) is 23.8 Å². The van der Waals surface area contributed by atoms with Gasteiger partial charge in [0.25, 0.3) is 5.91 Å². The maximum atomic E-state index is 14.6. The van der Waals surface area contributed by atoms with Crippen molar-refractivity contribution in [2.45, 2.75) is 33.1 Å². The molecule has 0 aliphatic carbocycles. The van der Waals surface area contributed by atoms with Gasteiger partial charge in [-0.25, -0.2) is 4.39 Å². The first-order valence-electron chi connectivity index (χ1n) is 9.62. The molecule has 0 radical (unpaired) electrons. The van der Waals surface area contributed by atoms with Crippen LogP contribution in [0.15, 0.2) is 40.9 Å². The number of benzene rings is 2. The second-order valence-corrected chi connectivity index (χ2v) is 8.27. The topological polar surface area (TPSA) is 68.5 Å². The molecule has 7 heteroatoms. The van der Waals surface area contributed by atoms with Gasteiger partial charge in [-0.1, -0.05) is 36.2 Å². The molecule has 30 heavy (non-hydrogen) atoms. The number of hydrogen-bond donors (Lipinski definition) is 1. The molecule has 2 aromatic carbocycles. The van der Waals surface area contributed by atoms with E-state index in [-0.39, 0.29) is 17.6 Å². The number of aliphatic carboxylic acids is 1. The van der Waals surface area contributed by atoms with Gasteiger partial charge in [-0.3, -0.25) is 14.2 Å². The largest absolute Gasteiger partial charge is 0.494 e. The Kier molecular flexibility index (Phi) is 6.31. The number of ether oxygens (including phenoxy) is 1. The number of nitrogens with zero attached hydrogens (tertiary/aromatic N) is 1. The fraction of sp³-hybridized carbons (Fsp3) is 0.304. The van der Waals surface area contributed by atoms with Crippen molar-refractivity contribution in [1.29, 1.82) is 0 Å². The molecule has 0 saturated heterocycles. The van der Waals surface area contributed by atoms with Crippen LogP contribution in [-0.4, -0.2) is 28.7 Å². The van der Waals surface area contributed by atoms with E-state index < -0.39 is 17.7 Å². The highest BCUT2D eigenvalue weighted by Gasteiger charge is 2.33. The van der Waals surface area contributed by atoms with Crippen molar-refractivity contribution < 1.29 is 23.8 Å². The quantitative estimate of drug-likeness (QED) is 0.491. The van der Waals surface area contributed by atoms with Crippen molar-refractivity contribution in [3.05, 3.63) is 63.5 Å². The van der Waals surface area contributed by atoms with Crippen LogP contribution in [0, 0.1) is 18.7 Å². The summed E-state index contributed by atoms with van der Waals surface area (Å²) in [5, 5.41) is 10.5. The summed E-state index contributed by atoms with van der Waals surface area (Å²) in [5.74, 6) is -2.97. The minimum absolute atomic E-state index is 0.00489. The number of halogens is 2. The Balaban J connectivity index is 2.36. The molecular formula is C23H23BrFNO4. The molecule has 0 aliphatic rings. The Morgan fingerprint density at radius 2 is 1.87 bits per heavy atom. The van der Waals surface area contributed by atoms with Crippen molar-refractivity contribution in [2.75, 3.05) is 7.11 Å². The van der Waals surface area contributed by atoms with E-state index >= 15 is 0 Å². The summed E-state index contributed by atoms with van der Waals surface area (Å²) in [6.07, 6.45) is 0.641. The molecule has 0 bridgehead atoms. The second kappa shape index (κ2) is 8.60. The number of carboxylic acid groups (broad SMARTS) is 1. The van der Waals surface area contributed by atoms with E-state index in [0.29, 0.717) is 34.1 Å². The first kappa shape index (κ1) is 22.0. The van der Waals surface area contributed by atoms with Crippen molar-refractivity contribution >= 4 is 38.7 Å². The van der Waals surface area contributed by atoms with Crippen LogP contribution in [0.2, 0.25) is 0 Å². The van der Waals surface area contributed by atoms with Crippen molar-refractivity contribution in [3.63, 3.8) is 0 Å². The van der Waals surface area contributed by atoms with Crippen molar-refractivity contribution in [1.82, 2.24) is 4.57 Å². The molecule has 0 fully saturated rings. The van der Waals surface area contributed by atoms with E-state index in [4.69, 9.17) is 4.74 Å². The van der Waals surface area contributed by atoms with Crippen LogP contribution in [-0.2, 0) is 4.79 Å². The van der Waals surface area contributed by atoms with Crippen LogP contribution < -0.4 is 4.74 Å². The van der Waals surface area contributed by atoms with Gasteiger partial charge in [0.15, 0.2) is 11.6 Å². The summed E-state index contributed by atoms with van der Waals surface area (Å²) in [7, 11) is 1.35. The summed E-state index contributed by atoms with van der Waals surface area (Å²) in [6, 6.07) is 9.55. The maximum absolute atomic E-state index is 14.6. The van der Waals surface area contributed by atoms with Gasteiger partial charge >= 0.3 is 5.97 Å². The van der Waals surface area contributed by atoms with Crippen molar-refractivity contribution in [3.8, 4) is 5.75 Å². The first-order chi connectivity index (χ1) is 14.2. The number of fused-ring (bicyclic) bond motifs is 1. The van der Waals surface area contributed by atoms with Gasteiger partial charge < -0.3 is 9.84 Å². The zero-order chi connectivity index (χ0) is 22.2. The molecule has 0 aliphatic heterocycles. The molecule has 1 aromatic heterocycles. The average molecular weight is 476 g/mol. The molecule has 3 aromatic rings. The summed E-state index contributed by atoms with van der Waals surface area (Å²) in [6.45, 7) is 5.48. The number of hydrogen-bond acceptors (Lipinski definition) is 3. The second-order valence-electron chi connectivity index (χ2n) is 7.35. The summed E-state index contributed by atoms with van der Waals surface area (Å²) in [4.78, 5) is 25.5. The lowest BCUT2D eigenvalue weighted by molar-refractivity contribution is -0.140. The molecule has 0 spiro atoms. The molecule has 1 heterocycles. The lowest BCUT2D eigenvalue weighted by atomic mass is 9.84. The predicted molar refractivity (Wildman–Crippen MR) is 117 cm³/mol. The number of carboxylic acids is 1. The molecule has 0 saturated carbocycles. The fourth-order valence-corrected chi connectivity index (χ4v) is 4.12. The van der Waals surface area contributed by atoms with Gasteiger partial charge in [0.2, 0.25) is 0 Å². The molecule has 2 atom stereocenters. The highest BCUT2D eigenvalue weighted by atomic mass is 79.9. The Bertz CT molecular complexity index is 1120. The summed E-state index contributed by atoms with van der Waals surface area (Å²) in [5.41, 5.74) is 1.73. The van der Waals surface area contributed by atoms with Crippen LogP contribution >= 0.6 is 15.9 Å². The highest BCUT2D eigenvalue weighted by Crippen LogP contribution is 2.39. The van der Waals surface area contributed by atoms with E-state index in [1.54, 1.807) is 31.2 Å². The van der Waals surface area contributed by atoms with E-state index in [2.05, 4.69) is 15.9 Å².